The first kappa shape index (κ1) is 12.2. The van der Waals surface area contributed by atoms with Gasteiger partial charge >= 0.3 is 5.56 Å². The van der Waals surface area contributed by atoms with Crippen molar-refractivity contribution in [2.24, 2.45) is 0 Å². The van der Waals surface area contributed by atoms with Gasteiger partial charge in [-0.3, -0.25) is 4.79 Å². The number of aromatic nitrogens is 2. The van der Waals surface area contributed by atoms with Gasteiger partial charge in [-0.05, 0) is 30.5 Å². The molecule has 4 nitrogen and oxygen atoms in total. The Balaban J connectivity index is 2.09. The first-order valence-corrected chi connectivity index (χ1v) is 5.28. The van der Waals surface area contributed by atoms with Crippen LogP contribution in [0.4, 0.5) is 8.78 Å². The number of hydrogen-bond donors (Lipinski definition) is 2. The number of nitrogens with zero attached hydrogens (tertiary/aromatic N) is 1. The molecule has 6 heteroatoms. The lowest BCUT2D eigenvalue weighted by molar-refractivity contribution is 0.462. The Hall–Kier alpha value is -2.24. The van der Waals surface area contributed by atoms with E-state index in [1.807, 2.05) is 0 Å². The first-order valence-electron chi connectivity index (χ1n) is 5.28. The molecule has 0 saturated carbocycles. The fourth-order valence-corrected chi connectivity index (χ4v) is 1.53. The summed E-state index contributed by atoms with van der Waals surface area (Å²) in [6.45, 7) is 0. The number of H-pyrrole nitrogens is 1. The molecule has 2 N–H and O–H groups in total. The molecule has 0 saturated heterocycles. The van der Waals surface area contributed by atoms with Crippen LogP contribution in [0.5, 0.6) is 5.75 Å². The summed E-state index contributed by atoms with van der Waals surface area (Å²) in [6.07, 6.45) is 0.825. The molecule has 1 heterocycles. The zero-order valence-corrected chi connectivity index (χ0v) is 9.28. The van der Waals surface area contributed by atoms with Crippen LogP contribution in [-0.2, 0) is 12.8 Å². The zero-order valence-electron chi connectivity index (χ0n) is 9.28. The number of rotatable bonds is 3. The molecule has 0 bridgehead atoms. The maximum atomic E-state index is 12.9. The van der Waals surface area contributed by atoms with Crippen LogP contribution in [0.1, 0.15) is 11.3 Å². The number of halogens is 2. The Labute approximate surface area is 101 Å². The minimum absolute atomic E-state index is 0.398. The van der Waals surface area contributed by atoms with Gasteiger partial charge in [0.2, 0.25) is 0 Å². The third kappa shape index (κ3) is 2.71. The lowest BCUT2D eigenvalue weighted by Gasteiger charge is -2.02. The van der Waals surface area contributed by atoms with Crippen molar-refractivity contribution in [3.63, 3.8) is 0 Å². The molecule has 0 amide bonds. The smallest absolute Gasteiger partial charge is 0.306 e. The van der Waals surface area contributed by atoms with Gasteiger partial charge in [0.1, 0.15) is 0 Å². The molecule has 0 atom stereocenters. The molecule has 0 aliphatic rings. The number of aryl methyl sites for hydroxylation is 2. The summed E-state index contributed by atoms with van der Waals surface area (Å²) >= 11 is 0. The van der Waals surface area contributed by atoms with Crippen LogP contribution in [0.15, 0.2) is 29.1 Å². The lowest BCUT2D eigenvalue weighted by Crippen LogP contribution is -2.09. The average Bonchev–Trinajstić information content (AvgIpc) is 2.35. The fraction of sp³-hybridized carbons (Fsp3) is 0.167. The van der Waals surface area contributed by atoms with E-state index in [2.05, 4.69) is 10.2 Å². The van der Waals surface area contributed by atoms with Crippen molar-refractivity contribution in [3.05, 3.63) is 57.5 Å². The largest absolute Gasteiger partial charge is 0.503 e. The summed E-state index contributed by atoms with van der Waals surface area (Å²) in [7, 11) is 0. The van der Waals surface area contributed by atoms with Gasteiger partial charge in [0, 0.05) is 6.07 Å². The van der Waals surface area contributed by atoms with E-state index in [1.165, 1.54) is 12.1 Å². The highest BCUT2D eigenvalue weighted by Gasteiger charge is 2.05. The summed E-state index contributed by atoms with van der Waals surface area (Å²) in [5.74, 6) is -2.20. The Morgan fingerprint density at radius 3 is 2.61 bits per heavy atom. The highest BCUT2D eigenvalue weighted by molar-refractivity contribution is 5.21. The van der Waals surface area contributed by atoms with Crippen molar-refractivity contribution >= 4 is 0 Å². The molecule has 1 aromatic carbocycles. The fourth-order valence-electron chi connectivity index (χ4n) is 1.53. The van der Waals surface area contributed by atoms with E-state index in [-0.39, 0.29) is 0 Å². The van der Waals surface area contributed by atoms with Crippen LogP contribution in [0.2, 0.25) is 0 Å². The second-order valence-electron chi connectivity index (χ2n) is 3.82. The standard InChI is InChI=1S/C12H10F2N2O2/c13-9-4-2-7(5-10(9)14)1-3-8-6-11(17)12(18)16-15-8/h2,4-6H,1,3H2,(H,15,17)(H,16,18). The Morgan fingerprint density at radius 2 is 1.94 bits per heavy atom. The summed E-state index contributed by atoms with van der Waals surface area (Å²) in [5, 5.41) is 15.0. The molecular weight excluding hydrogens is 242 g/mol. The van der Waals surface area contributed by atoms with Gasteiger partial charge in [0.05, 0.1) is 5.69 Å². The van der Waals surface area contributed by atoms with Crippen LogP contribution < -0.4 is 5.56 Å². The number of hydrogen-bond acceptors (Lipinski definition) is 3. The second kappa shape index (κ2) is 4.95. The van der Waals surface area contributed by atoms with Crippen molar-refractivity contribution in [1.82, 2.24) is 10.2 Å². The lowest BCUT2D eigenvalue weighted by atomic mass is 10.1. The molecule has 0 spiro atoms. The topological polar surface area (TPSA) is 66.0 Å². The minimum Gasteiger partial charge on any atom is -0.503 e. The van der Waals surface area contributed by atoms with Gasteiger partial charge in [0.25, 0.3) is 0 Å². The van der Waals surface area contributed by atoms with E-state index < -0.39 is 22.9 Å². The van der Waals surface area contributed by atoms with Crippen molar-refractivity contribution in [2.75, 3.05) is 0 Å². The van der Waals surface area contributed by atoms with E-state index in [4.69, 9.17) is 0 Å². The molecule has 2 rings (SSSR count). The summed E-state index contributed by atoms with van der Waals surface area (Å²) in [6, 6.07) is 4.89. The van der Waals surface area contributed by atoms with Gasteiger partial charge in [-0.15, -0.1) is 0 Å². The Bertz CT molecular complexity index is 626. The highest BCUT2D eigenvalue weighted by Crippen LogP contribution is 2.11. The third-order valence-electron chi connectivity index (χ3n) is 2.49. The van der Waals surface area contributed by atoms with Crippen molar-refractivity contribution in [3.8, 4) is 5.75 Å². The predicted molar refractivity (Wildman–Crippen MR) is 60.3 cm³/mol. The molecule has 1 aromatic heterocycles. The van der Waals surface area contributed by atoms with E-state index >= 15 is 0 Å². The van der Waals surface area contributed by atoms with Crippen LogP contribution >= 0.6 is 0 Å². The molecule has 94 valence electrons. The van der Waals surface area contributed by atoms with Gasteiger partial charge in [-0.2, -0.15) is 5.10 Å². The average molecular weight is 252 g/mol. The number of aromatic hydroxyl groups is 1. The van der Waals surface area contributed by atoms with Crippen LogP contribution in [0.3, 0.4) is 0 Å². The molecule has 0 fully saturated rings. The molecule has 0 aliphatic heterocycles. The summed E-state index contributed by atoms with van der Waals surface area (Å²) < 4.78 is 25.6. The van der Waals surface area contributed by atoms with Gasteiger partial charge in [0.15, 0.2) is 17.4 Å². The van der Waals surface area contributed by atoms with Gasteiger partial charge < -0.3 is 5.11 Å². The molecular formula is C12H10F2N2O2. The predicted octanol–water partition coefficient (Wildman–Crippen LogP) is 1.54. The highest BCUT2D eigenvalue weighted by atomic mass is 19.2. The number of benzene rings is 1. The van der Waals surface area contributed by atoms with Gasteiger partial charge in [-0.25, -0.2) is 13.9 Å². The summed E-state index contributed by atoms with van der Waals surface area (Å²) in [5.41, 5.74) is 0.421. The van der Waals surface area contributed by atoms with Crippen LogP contribution in [-0.4, -0.2) is 15.3 Å². The quantitative estimate of drug-likeness (QED) is 0.870. The Kier molecular flexibility index (Phi) is 3.36. The van der Waals surface area contributed by atoms with Crippen LogP contribution in [0, 0.1) is 11.6 Å². The number of nitrogens with one attached hydrogen (secondary N) is 1. The molecule has 0 aliphatic carbocycles. The van der Waals surface area contributed by atoms with Crippen molar-refractivity contribution < 1.29 is 13.9 Å². The van der Waals surface area contributed by atoms with Crippen molar-refractivity contribution in [2.45, 2.75) is 12.8 Å². The first-order chi connectivity index (χ1) is 8.56. The molecule has 2 aromatic rings. The monoisotopic (exact) mass is 252 g/mol. The third-order valence-corrected chi connectivity index (χ3v) is 2.49. The molecule has 0 unspecified atom stereocenters. The normalized spacial score (nSPS) is 10.6. The zero-order chi connectivity index (χ0) is 13.1. The van der Waals surface area contributed by atoms with Gasteiger partial charge in [-0.1, -0.05) is 6.07 Å². The van der Waals surface area contributed by atoms with E-state index in [9.17, 15) is 18.7 Å². The molecule has 18 heavy (non-hydrogen) atoms. The Morgan fingerprint density at radius 1 is 1.17 bits per heavy atom. The SMILES string of the molecule is O=c1[nH]nc(CCc2ccc(F)c(F)c2)cc1O. The van der Waals surface area contributed by atoms with E-state index in [0.717, 1.165) is 12.1 Å². The maximum absolute atomic E-state index is 12.9. The second-order valence-corrected chi connectivity index (χ2v) is 3.82. The van der Waals surface area contributed by atoms with E-state index in [0.29, 0.717) is 24.1 Å². The maximum Gasteiger partial charge on any atom is 0.306 e. The van der Waals surface area contributed by atoms with Crippen molar-refractivity contribution in [1.29, 1.82) is 0 Å². The summed E-state index contributed by atoms with van der Waals surface area (Å²) in [4.78, 5) is 10.9. The number of aromatic amines is 1. The molecule has 0 radical (unpaired) electrons. The minimum atomic E-state index is -0.898. The van der Waals surface area contributed by atoms with Crippen LogP contribution in [0.25, 0.3) is 0 Å². The van der Waals surface area contributed by atoms with E-state index in [1.54, 1.807) is 0 Å².